The van der Waals surface area contributed by atoms with E-state index in [0.29, 0.717) is 33.1 Å². The van der Waals surface area contributed by atoms with E-state index >= 15 is 0 Å². The van der Waals surface area contributed by atoms with Gasteiger partial charge in [0.2, 0.25) is 0 Å². The Labute approximate surface area is 228 Å². The fourth-order valence-corrected chi connectivity index (χ4v) is 4.86. The highest BCUT2D eigenvalue weighted by Gasteiger charge is 2.33. The summed E-state index contributed by atoms with van der Waals surface area (Å²) < 4.78 is 0. The van der Waals surface area contributed by atoms with Gasteiger partial charge in [0.15, 0.2) is 0 Å². The monoisotopic (exact) mass is 530 g/mol. The lowest BCUT2D eigenvalue weighted by molar-refractivity contribution is -0.170. The summed E-state index contributed by atoms with van der Waals surface area (Å²) in [7, 11) is 0. The fourth-order valence-electron chi connectivity index (χ4n) is 4.86. The van der Waals surface area contributed by atoms with Gasteiger partial charge in [0, 0.05) is 42.0 Å². The molecule has 5 aromatic rings. The number of carbonyl (C=O) groups is 4. The second-order valence-electron chi connectivity index (χ2n) is 9.20. The summed E-state index contributed by atoms with van der Waals surface area (Å²) in [5, 5.41) is 9.69. The molecule has 0 unspecified atom stereocenters. The van der Waals surface area contributed by atoms with Gasteiger partial charge < -0.3 is 10.2 Å². The third kappa shape index (κ3) is 4.60. The molecule has 0 bridgehead atoms. The summed E-state index contributed by atoms with van der Waals surface area (Å²) in [5.74, 6) is -1.49. The van der Waals surface area contributed by atoms with Gasteiger partial charge >= 0.3 is 6.09 Å². The summed E-state index contributed by atoms with van der Waals surface area (Å²) in [6.07, 6.45) is 2.07. The Hall–Kier alpha value is -5.57. The third-order valence-electron chi connectivity index (χ3n) is 6.70. The van der Waals surface area contributed by atoms with E-state index in [4.69, 9.17) is 4.84 Å². The molecule has 9 nitrogen and oxygen atoms in total. The molecule has 1 saturated heterocycles. The molecule has 0 atom stereocenters. The molecule has 6 rings (SSSR count). The number of rotatable bonds is 5. The van der Waals surface area contributed by atoms with Gasteiger partial charge in [-0.05, 0) is 45.8 Å². The molecule has 1 fully saturated rings. The van der Waals surface area contributed by atoms with Crippen LogP contribution in [0.5, 0.6) is 0 Å². The average molecular weight is 531 g/mol. The van der Waals surface area contributed by atoms with Crippen LogP contribution in [0.25, 0.3) is 32.7 Å². The second kappa shape index (κ2) is 10.3. The first-order valence-electron chi connectivity index (χ1n) is 12.6. The largest absolute Gasteiger partial charge is 0.436 e. The first kappa shape index (κ1) is 24.7. The van der Waals surface area contributed by atoms with Crippen molar-refractivity contribution in [1.29, 1.82) is 0 Å². The van der Waals surface area contributed by atoms with Crippen LogP contribution >= 0.6 is 0 Å². The standard InChI is InChI=1S/C31H22N4O5/c36-26-15-16-27(37)35(26)40-31(39)34-25-14-12-20-7-2-4-10-23(20)29(25)28-22-9-3-1-6-19(22)11-13-24(28)33-30(38)21-8-5-17-32-18-21/h1-14,17-18H,15-16H2,(H,33,38)(H,34,39). The maximum absolute atomic E-state index is 13.2. The van der Waals surface area contributed by atoms with Gasteiger partial charge in [-0.25, -0.2) is 4.79 Å². The van der Waals surface area contributed by atoms with Gasteiger partial charge in [0.1, 0.15) is 0 Å². The molecule has 4 amide bonds. The van der Waals surface area contributed by atoms with E-state index in [1.165, 1.54) is 6.20 Å². The number of anilines is 2. The number of aromatic nitrogens is 1. The number of fused-ring (bicyclic) bond motifs is 2. The number of carbonyl (C=O) groups excluding carboxylic acids is 4. The molecule has 2 N–H and O–H groups in total. The van der Waals surface area contributed by atoms with E-state index in [-0.39, 0.29) is 18.7 Å². The minimum Gasteiger partial charge on any atom is -0.321 e. The Morgan fingerprint density at radius 3 is 1.85 bits per heavy atom. The molecule has 0 spiro atoms. The van der Waals surface area contributed by atoms with Gasteiger partial charge in [-0.1, -0.05) is 60.7 Å². The Balaban J connectivity index is 1.51. The number of pyridine rings is 1. The maximum atomic E-state index is 13.2. The number of hydrogen-bond acceptors (Lipinski definition) is 6. The molecule has 196 valence electrons. The minimum absolute atomic E-state index is 0.0106. The van der Waals surface area contributed by atoms with Crippen molar-refractivity contribution >= 4 is 56.7 Å². The van der Waals surface area contributed by atoms with E-state index in [0.717, 1.165) is 21.5 Å². The number of nitrogens with zero attached hydrogens (tertiary/aromatic N) is 2. The van der Waals surface area contributed by atoms with Crippen LogP contribution in [0, 0.1) is 0 Å². The second-order valence-corrected chi connectivity index (χ2v) is 9.20. The normalized spacial score (nSPS) is 13.1. The van der Waals surface area contributed by atoms with E-state index in [9.17, 15) is 19.2 Å². The Morgan fingerprint density at radius 1 is 0.700 bits per heavy atom. The van der Waals surface area contributed by atoms with Gasteiger partial charge in [-0.3, -0.25) is 24.7 Å². The molecule has 2 heterocycles. The van der Waals surface area contributed by atoms with Crippen molar-refractivity contribution in [1.82, 2.24) is 10.0 Å². The Morgan fingerprint density at radius 2 is 1.27 bits per heavy atom. The molecule has 0 aliphatic carbocycles. The third-order valence-corrected chi connectivity index (χ3v) is 6.70. The van der Waals surface area contributed by atoms with Crippen molar-refractivity contribution in [2.24, 2.45) is 0 Å². The number of nitrogens with one attached hydrogen (secondary N) is 2. The van der Waals surface area contributed by atoms with Gasteiger partial charge in [-0.15, -0.1) is 5.06 Å². The molecule has 0 radical (unpaired) electrons. The van der Waals surface area contributed by atoms with Crippen LogP contribution in [0.15, 0.2) is 97.3 Å². The van der Waals surface area contributed by atoms with Crippen molar-refractivity contribution in [3.8, 4) is 11.1 Å². The highest BCUT2D eigenvalue weighted by molar-refractivity contribution is 6.17. The van der Waals surface area contributed by atoms with Crippen molar-refractivity contribution in [2.75, 3.05) is 10.6 Å². The van der Waals surface area contributed by atoms with E-state index in [1.54, 1.807) is 24.4 Å². The van der Waals surface area contributed by atoms with E-state index in [2.05, 4.69) is 15.6 Å². The smallest absolute Gasteiger partial charge is 0.321 e. The molecule has 0 saturated carbocycles. The van der Waals surface area contributed by atoms with Gasteiger partial charge in [0.25, 0.3) is 17.7 Å². The van der Waals surface area contributed by atoms with Gasteiger partial charge in [-0.2, -0.15) is 0 Å². The summed E-state index contributed by atoms with van der Waals surface area (Å²) in [4.78, 5) is 59.3. The van der Waals surface area contributed by atoms with Crippen LogP contribution < -0.4 is 10.6 Å². The minimum atomic E-state index is -0.985. The van der Waals surface area contributed by atoms with Crippen molar-refractivity contribution in [3.05, 3.63) is 103 Å². The maximum Gasteiger partial charge on any atom is 0.436 e. The Bertz CT molecular complexity index is 1800. The lowest BCUT2D eigenvalue weighted by atomic mass is 9.91. The molecule has 1 aliphatic heterocycles. The van der Waals surface area contributed by atoms with E-state index in [1.807, 2.05) is 66.7 Å². The van der Waals surface area contributed by atoms with Crippen LogP contribution in [0.4, 0.5) is 16.2 Å². The Kier molecular flexibility index (Phi) is 6.37. The first-order chi connectivity index (χ1) is 19.5. The average Bonchev–Trinajstić information content (AvgIpc) is 3.30. The van der Waals surface area contributed by atoms with Crippen LogP contribution in [0.1, 0.15) is 23.2 Å². The highest BCUT2D eigenvalue weighted by atomic mass is 16.7. The fraction of sp³-hybridized carbons (Fsp3) is 0.0645. The summed E-state index contributed by atoms with van der Waals surface area (Å²) >= 11 is 0. The van der Waals surface area contributed by atoms with Crippen molar-refractivity contribution in [3.63, 3.8) is 0 Å². The zero-order valence-corrected chi connectivity index (χ0v) is 21.1. The van der Waals surface area contributed by atoms with Crippen LogP contribution in [-0.4, -0.2) is 33.9 Å². The summed E-state index contributed by atoms with van der Waals surface area (Å²) in [6, 6.07) is 26.0. The van der Waals surface area contributed by atoms with E-state index < -0.39 is 17.9 Å². The van der Waals surface area contributed by atoms with Crippen molar-refractivity contribution in [2.45, 2.75) is 12.8 Å². The predicted molar refractivity (Wildman–Crippen MR) is 150 cm³/mol. The molecule has 1 aliphatic rings. The lowest BCUT2D eigenvalue weighted by Crippen LogP contribution is -2.34. The number of hydroxylamine groups is 2. The van der Waals surface area contributed by atoms with Crippen LogP contribution in [0.2, 0.25) is 0 Å². The molecule has 40 heavy (non-hydrogen) atoms. The summed E-state index contributed by atoms with van der Waals surface area (Å²) in [6.45, 7) is 0. The SMILES string of the molecule is O=C(Nc1ccc2ccccc2c1-c1c(NC(=O)c2cccnc2)ccc2ccccc12)ON1C(=O)CCC1=O. The first-order valence-corrected chi connectivity index (χ1v) is 12.6. The van der Waals surface area contributed by atoms with Crippen LogP contribution in [0.3, 0.4) is 0 Å². The molecular weight excluding hydrogens is 508 g/mol. The highest BCUT2D eigenvalue weighted by Crippen LogP contribution is 2.43. The molecular formula is C31H22N4O5. The summed E-state index contributed by atoms with van der Waals surface area (Å²) in [5.41, 5.74) is 2.59. The molecule has 4 aromatic carbocycles. The molecule has 9 heteroatoms. The quantitative estimate of drug-likeness (QED) is 0.272. The number of benzene rings is 4. The van der Waals surface area contributed by atoms with Crippen molar-refractivity contribution < 1.29 is 24.0 Å². The lowest BCUT2D eigenvalue weighted by Gasteiger charge is -2.20. The van der Waals surface area contributed by atoms with Crippen LogP contribution in [-0.2, 0) is 14.4 Å². The molecule has 1 aromatic heterocycles. The number of amides is 4. The number of hydrogen-bond donors (Lipinski definition) is 2. The topological polar surface area (TPSA) is 118 Å². The number of imide groups is 1. The van der Waals surface area contributed by atoms with Gasteiger partial charge in [0.05, 0.1) is 11.3 Å². The predicted octanol–water partition coefficient (Wildman–Crippen LogP) is 5.92. The zero-order valence-electron chi connectivity index (χ0n) is 21.1. The zero-order chi connectivity index (χ0) is 27.6.